The highest BCUT2D eigenvalue weighted by atomic mass is 79.9. The minimum atomic E-state index is -0.112. The number of benzene rings is 1. The van der Waals surface area contributed by atoms with Gasteiger partial charge in [-0.15, -0.1) is 0 Å². The van der Waals surface area contributed by atoms with E-state index >= 15 is 0 Å². The SMILES string of the molecule is O=CC1COCc2cccc(Br)c21. The third-order valence-corrected chi connectivity index (χ3v) is 2.92. The van der Waals surface area contributed by atoms with Crippen molar-refractivity contribution in [1.29, 1.82) is 0 Å². The molecule has 0 N–H and O–H groups in total. The van der Waals surface area contributed by atoms with Crippen LogP contribution in [0.3, 0.4) is 0 Å². The van der Waals surface area contributed by atoms with E-state index in [2.05, 4.69) is 15.9 Å². The summed E-state index contributed by atoms with van der Waals surface area (Å²) in [5.74, 6) is -0.112. The maximum Gasteiger partial charge on any atom is 0.129 e. The summed E-state index contributed by atoms with van der Waals surface area (Å²) in [7, 11) is 0. The molecule has 0 bridgehead atoms. The van der Waals surface area contributed by atoms with Crippen LogP contribution >= 0.6 is 15.9 Å². The van der Waals surface area contributed by atoms with Crippen LogP contribution in [0.15, 0.2) is 22.7 Å². The first-order valence-corrected chi connectivity index (χ1v) is 4.92. The summed E-state index contributed by atoms with van der Waals surface area (Å²) in [6.07, 6.45) is 0.947. The zero-order valence-electron chi connectivity index (χ0n) is 7.00. The molecule has 0 spiro atoms. The maximum atomic E-state index is 10.8. The topological polar surface area (TPSA) is 26.3 Å². The Morgan fingerprint density at radius 2 is 2.38 bits per heavy atom. The van der Waals surface area contributed by atoms with Gasteiger partial charge in [0.25, 0.3) is 0 Å². The molecule has 0 aliphatic carbocycles. The molecule has 1 aromatic carbocycles. The molecule has 1 aliphatic heterocycles. The van der Waals surface area contributed by atoms with E-state index in [9.17, 15) is 4.79 Å². The second-order valence-corrected chi connectivity index (χ2v) is 3.92. The van der Waals surface area contributed by atoms with Crippen LogP contribution in [0.2, 0.25) is 0 Å². The van der Waals surface area contributed by atoms with E-state index in [1.807, 2.05) is 18.2 Å². The summed E-state index contributed by atoms with van der Waals surface area (Å²) in [4.78, 5) is 10.8. The van der Waals surface area contributed by atoms with Crippen molar-refractivity contribution >= 4 is 22.2 Å². The van der Waals surface area contributed by atoms with Crippen molar-refractivity contribution in [2.75, 3.05) is 6.61 Å². The monoisotopic (exact) mass is 240 g/mol. The summed E-state index contributed by atoms with van der Waals surface area (Å²) in [6, 6.07) is 5.91. The average Bonchev–Trinajstić information content (AvgIpc) is 2.17. The van der Waals surface area contributed by atoms with Crippen molar-refractivity contribution < 1.29 is 9.53 Å². The predicted molar refractivity (Wildman–Crippen MR) is 52.6 cm³/mol. The van der Waals surface area contributed by atoms with Crippen molar-refractivity contribution in [1.82, 2.24) is 0 Å². The highest BCUT2D eigenvalue weighted by molar-refractivity contribution is 9.10. The minimum Gasteiger partial charge on any atom is -0.376 e. The normalized spacial score (nSPS) is 20.8. The lowest BCUT2D eigenvalue weighted by Gasteiger charge is -2.22. The Balaban J connectivity index is 2.53. The van der Waals surface area contributed by atoms with Gasteiger partial charge in [-0.3, -0.25) is 0 Å². The molecular weight excluding hydrogens is 232 g/mol. The summed E-state index contributed by atoms with van der Waals surface area (Å²) >= 11 is 3.45. The first-order valence-electron chi connectivity index (χ1n) is 4.13. The largest absolute Gasteiger partial charge is 0.376 e. The van der Waals surface area contributed by atoms with Gasteiger partial charge in [-0.1, -0.05) is 28.1 Å². The second kappa shape index (κ2) is 3.60. The number of hydrogen-bond donors (Lipinski definition) is 0. The minimum absolute atomic E-state index is 0.112. The van der Waals surface area contributed by atoms with Crippen LogP contribution in [0.25, 0.3) is 0 Å². The van der Waals surface area contributed by atoms with E-state index in [0.717, 1.165) is 21.9 Å². The van der Waals surface area contributed by atoms with Crippen molar-refractivity contribution in [2.24, 2.45) is 0 Å². The van der Waals surface area contributed by atoms with Crippen LogP contribution in [0.5, 0.6) is 0 Å². The number of rotatable bonds is 1. The quantitative estimate of drug-likeness (QED) is 0.705. The molecule has 1 unspecified atom stereocenters. The van der Waals surface area contributed by atoms with E-state index in [-0.39, 0.29) is 5.92 Å². The Morgan fingerprint density at radius 3 is 3.15 bits per heavy atom. The lowest BCUT2D eigenvalue weighted by atomic mass is 9.94. The van der Waals surface area contributed by atoms with E-state index in [1.54, 1.807) is 0 Å². The van der Waals surface area contributed by atoms with Gasteiger partial charge >= 0.3 is 0 Å². The zero-order chi connectivity index (χ0) is 9.26. The van der Waals surface area contributed by atoms with Gasteiger partial charge in [-0.2, -0.15) is 0 Å². The van der Waals surface area contributed by atoms with Crippen LogP contribution in [0.4, 0.5) is 0 Å². The third kappa shape index (κ3) is 1.54. The molecule has 0 fully saturated rings. The Labute approximate surface area is 85.0 Å². The Kier molecular flexibility index (Phi) is 2.47. The van der Waals surface area contributed by atoms with Gasteiger partial charge in [0.05, 0.1) is 19.1 Å². The Hall–Kier alpha value is -0.670. The van der Waals surface area contributed by atoms with Gasteiger partial charge in [0.15, 0.2) is 0 Å². The molecule has 1 aromatic rings. The molecule has 0 aromatic heterocycles. The number of hydrogen-bond acceptors (Lipinski definition) is 2. The summed E-state index contributed by atoms with van der Waals surface area (Å²) in [5, 5.41) is 0. The second-order valence-electron chi connectivity index (χ2n) is 3.07. The number of ether oxygens (including phenoxy) is 1. The fourth-order valence-corrected chi connectivity index (χ4v) is 2.31. The smallest absolute Gasteiger partial charge is 0.129 e. The van der Waals surface area contributed by atoms with Crippen molar-refractivity contribution in [3.05, 3.63) is 33.8 Å². The predicted octanol–water partition coefficient (Wildman–Crippen LogP) is 2.26. The summed E-state index contributed by atoms with van der Waals surface area (Å²) in [5.41, 5.74) is 2.20. The number of fused-ring (bicyclic) bond motifs is 1. The highest BCUT2D eigenvalue weighted by Gasteiger charge is 2.21. The molecule has 0 amide bonds. The van der Waals surface area contributed by atoms with Crippen LogP contribution in [0.1, 0.15) is 17.0 Å². The molecule has 13 heavy (non-hydrogen) atoms. The molecule has 3 heteroatoms. The number of carbonyl (C=O) groups is 1. The van der Waals surface area contributed by atoms with Gasteiger partial charge in [0.1, 0.15) is 6.29 Å². The molecular formula is C10H9BrO2. The molecule has 0 radical (unpaired) electrons. The first-order chi connectivity index (χ1) is 6.33. The van der Waals surface area contributed by atoms with Crippen LogP contribution in [-0.2, 0) is 16.1 Å². The molecule has 0 saturated heterocycles. The van der Waals surface area contributed by atoms with Gasteiger partial charge in [0.2, 0.25) is 0 Å². The summed E-state index contributed by atoms with van der Waals surface area (Å²) < 4.78 is 6.31. The molecule has 0 saturated carbocycles. The van der Waals surface area contributed by atoms with Crippen LogP contribution in [-0.4, -0.2) is 12.9 Å². The third-order valence-electron chi connectivity index (χ3n) is 2.23. The molecule has 2 rings (SSSR count). The molecule has 1 aliphatic rings. The van der Waals surface area contributed by atoms with Gasteiger partial charge in [-0.05, 0) is 17.2 Å². The van der Waals surface area contributed by atoms with Gasteiger partial charge in [0, 0.05) is 4.47 Å². The maximum absolute atomic E-state index is 10.8. The van der Waals surface area contributed by atoms with Crippen molar-refractivity contribution in [3.8, 4) is 0 Å². The lowest BCUT2D eigenvalue weighted by Crippen LogP contribution is -2.18. The van der Waals surface area contributed by atoms with Crippen molar-refractivity contribution in [2.45, 2.75) is 12.5 Å². The number of carbonyl (C=O) groups excluding carboxylic acids is 1. The fraction of sp³-hybridized carbons (Fsp3) is 0.300. The van der Waals surface area contributed by atoms with Crippen LogP contribution < -0.4 is 0 Å². The summed E-state index contributed by atoms with van der Waals surface area (Å²) in [6.45, 7) is 1.11. The van der Waals surface area contributed by atoms with E-state index in [1.165, 1.54) is 0 Å². The van der Waals surface area contributed by atoms with Gasteiger partial charge < -0.3 is 9.53 Å². The first kappa shape index (κ1) is 8.91. The lowest BCUT2D eigenvalue weighted by molar-refractivity contribution is -0.110. The average molecular weight is 241 g/mol. The molecule has 1 atom stereocenters. The highest BCUT2D eigenvalue weighted by Crippen LogP contribution is 2.31. The molecule has 2 nitrogen and oxygen atoms in total. The van der Waals surface area contributed by atoms with Crippen molar-refractivity contribution in [3.63, 3.8) is 0 Å². The van der Waals surface area contributed by atoms with Crippen LogP contribution in [0, 0.1) is 0 Å². The Bertz CT molecular complexity index is 336. The zero-order valence-corrected chi connectivity index (χ0v) is 8.58. The fourth-order valence-electron chi connectivity index (χ4n) is 1.61. The number of aldehydes is 1. The standard InChI is InChI=1S/C10H9BrO2/c11-9-3-1-2-7-5-13-6-8(4-12)10(7)9/h1-4,8H,5-6H2. The van der Waals surface area contributed by atoms with Gasteiger partial charge in [-0.25, -0.2) is 0 Å². The van der Waals surface area contributed by atoms with E-state index in [4.69, 9.17) is 4.74 Å². The Morgan fingerprint density at radius 1 is 1.54 bits per heavy atom. The number of halogens is 1. The van der Waals surface area contributed by atoms with E-state index in [0.29, 0.717) is 13.2 Å². The molecule has 68 valence electrons. The molecule has 1 heterocycles. The van der Waals surface area contributed by atoms with E-state index < -0.39 is 0 Å².